The number of amides is 3. The highest BCUT2D eigenvalue weighted by Crippen LogP contribution is 2.26. The van der Waals surface area contributed by atoms with Crippen molar-refractivity contribution >= 4 is 17.7 Å². The van der Waals surface area contributed by atoms with Crippen molar-refractivity contribution in [3.63, 3.8) is 0 Å². The zero-order valence-electron chi connectivity index (χ0n) is 21.2. The van der Waals surface area contributed by atoms with Gasteiger partial charge in [-0.25, -0.2) is 0 Å². The fourth-order valence-electron chi connectivity index (χ4n) is 3.97. The Kier molecular flexibility index (Phi) is 8.38. The summed E-state index contributed by atoms with van der Waals surface area (Å²) in [7, 11) is 3.07. The molecule has 1 N–H and O–H groups in total. The van der Waals surface area contributed by atoms with Crippen molar-refractivity contribution in [1.82, 2.24) is 15.1 Å². The molecule has 0 radical (unpaired) electrons. The molecule has 0 bridgehead atoms. The fraction of sp³-hybridized carbons (Fsp3) is 0.444. The average Bonchev–Trinajstić information content (AvgIpc) is 2.87. The molecule has 35 heavy (non-hydrogen) atoms. The van der Waals surface area contributed by atoms with E-state index in [4.69, 9.17) is 9.47 Å². The van der Waals surface area contributed by atoms with E-state index in [0.717, 1.165) is 5.56 Å². The zero-order valence-corrected chi connectivity index (χ0v) is 21.2. The maximum absolute atomic E-state index is 13.0. The van der Waals surface area contributed by atoms with Gasteiger partial charge in [-0.3, -0.25) is 14.4 Å². The first-order valence-corrected chi connectivity index (χ1v) is 11.8. The molecule has 1 aliphatic rings. The smallest absolute Gasteiger partial charge is 0.257 e. The molecule has 0 spiro atoms. The van der Waals surface area contributed by atoms with E-state index in [0.29, 0.717) is 48.8 Å². The third-order valence-electron chi connectivity index (χ3n) is 6.20. The molecule has 188 valence electrons. The van der Waals surface area contributed by atoms with Crippen LogP contribution in [0.2, 0.25) is 0 Å². The first kappa shape index (κ1) is 26.1. The summed E-state index contributed by atoms with van der Waals surface area (Å²) in [6.45, 7) is 8.41. The van der Waals surface area contributed by atoms with Crippen LogP contribution >= 0.6 is 0 Å². The van der Waals surface area contributed by atoms with E-state index < -0.39 is 0 Å². The molecular weight excluding hydrogens is 446 g/mol. The molecule has 2 aromatic carbocycles. The van der Waals surface area contributed by atoms with Gasteiger partial charge in [-0.1, -0.05) is 32.9 Å². The minimum Gasteiger partial charge on any atom is -0.497 e. The molecule has 8 nitrogen and oxygen atoms in total. The lowest BCUT2D eigenvalue weighted by molar-refractivity contribution is -0.132. The van der Waals surface area contributed by atoms with Crippen molar-refractivity contribution in [3.05, 3.63) is 59.2 Å². The van der Waals surface area contributed by atoms with Crippen LogP contribution in [0.15, 0.2) is 42.5 Å². The molecule has 0 aliphatic carbocycles. The zero-order chi connectivity index (χ0) is 25.6. The van der Waals surface area contributed by atoms with Gasteiger partial charge in [-0.2, -0.15) is 0 Å². The molecule has 0 aromatic heterocycles. The maximum Gasteiger partial charge on any atom is 0.257 e. The summed E-state index contributed by atoms with van der Waals surface area (Å²) in [4.78, 5) is 41.5. The Balaban J connectivity index is 1.46. The average molecular weight is 482 g/mol. The molecule has 1 fully saturated rings. The van der Waals surface area contributed by atoms with Gasteiger partial charge < -0.3 is 24.6 Å². The molecule has 0 saturated carbocycles. The molecule has 1 saturated heterocycles. The number of hydrogen-bond acceptors (Lipinski definition) is 5. The van der Waals surface area contributed by atoms with E-state index in [1.165, 1.54) is 7.11 Å². The minimum atomic E-state index is -0.192. The normalized spacial score (nSPS) is 13.9. The van der Waals surface area contributed by atoms with E-state index in [2.05, 4.69) is 26.1 Å². The Morgan fingerprint density at radius 2 is 1.51 bits per heavy atom. The number of piperazine rings is 1. The molecular formula is C27H35N3O5. The molecule has 2 aromatic rings. The van der Waals surface area contributed by atoms with E-state index in [-0.39, 0.29) is 36.1 Å². The summed E-state index contributed by atoms with van der Waals surface area (Å²) < 4.78 is 10.5. The highest BCUT2D eigenvalue weighted by Gasteiger charge is 2.26. The first-order valence-electron chi connectivity index (χ1n) is 11.8. The summed E-state index contributed by atoms with van der Waals surface area (Å²) in [5.41, 5.74) is 2.22. The summed E-state index contributed by atoms with van der Waals surface area (Å²) in [5, 5.41) is 2.82. The Morgan fingerprint density at radius 1 is 0.886 bits per heavy atom. The number of rotatable bonds is 7. The predicted molar refractivity (Wildman–Crippen MR) is 134 cm³/mol. The van der Waals surface area contributed by atoms with Crippen LogP contribution < -0.4 is 14.8 Å². The third-order valence-corrected chi connectivity index (χ3v) is 6.20. The number of ether oxygens (including phenoxy) is 2. The third kappa shape index (κ3) is 6.53. The van der Waals surface area contributed by atoms with Gasteiger partial charge in [-0.15, -0.1) is 0 Å². The molecule has 3 rings (SSSR count). The van der Waals surface area contributed by atoms with Crippen LogP contribution in [0.3, 0.4) is 0 Å². The van der Waals surface area contributed by atoms with Crippen molar-refractivity contribution < 1.29 is 23.9 Å². The lowest BCUT2D eigenvalue weighted by atomic mass is 9.87. The molecule has 1 aliphatic heterocycles. The number of carbonyl (C=O) groups excluding carboxylic acids is 3. The standard InChI is InChI=1S/C27H35N3O5/c1-27(2,3)20-8-6-19(7-9-20)25(32)28-13-12-24(31)29-14-16-30(17-15-29)26(33)22-11-10-21(34-4)18-23(22)35-5/h6-11,18H,12-17H2,1-5H3,(H,28,32). The monoisotopic (exact) mass is 481 g/mol. The van der Waals surface area contributed by atoms with Gasteiger partial charge in [0.05, 0.1) is 19.8 Å². The van der Waals surface area contributed by atoms with Gasteiger partial charge in [0.1, 0.15) is 11.5 Å². The van der Waals surface area contributed by atoms with Crippen molar-refractivity contribution in [2.24, 2.45) is 0 Å². The summed E-state index contributed by atoms with van der Waals surface area (Å²) in [5.74, 6) is 0.699. The second-order valence-corrected chi connectivity index (χ2v) is 9.57. The number of nitrogens with zero attached hydrogens (tertiary/aromatic N) is 2. The molecule has 1 heterocycles. The summed E-state index contributed by atoms with van der Waals surface area (Å²) >= 11 is 0. The number of nitrogens with one attached hydrogen (secondary N) is 1. The topological polar surface area (TPSA) is 88.2 Å². The molecule has 0 unspecified atom stereocenters. The SMILES string of the molecule is COc1ccc(C(=O)N2CCN(C(=O)CCNC(=O)c3ccc(C(C)(C)C)cc3)CC2)c(OC)c1. The van der Waals surface area contributed by atoms with Gasteiger partial charge >= 0.3 is 0 Å². The van der Waals surface area contributed by atoms with Crippen LogP contribution in [0.25, 0.3) is 0 Å². The van der Waals surface area contributed by atoms with Crippen LogP contribution in [0.5, 0.6) is 11.5 Å². The second-order valence-electron chi connectivity index (χ2n) is 9.57. The Bertz CT molecular complexity index is 1050. The minimum absolute atomic E-state index is 0.0246. The van der Waals surface area contributed by atoms with Gasteiger partial charge in [0, 0.05) is 50.8 Å². The van der Waals surface area contributed by atoms with Crippen LogP contribution in [-0.2, 0) is 10.2 Å². The predicted octanol–water partition coefficient (Wildman–Crippen LogP) is 3.11. The van der Waals surface area contributed by atoms with Crippen molar-refractivity contribution in [2.75, 3.05) is 46.9 Å². The van der Waals surface area contributed by atoms with Crippen molar-refractivity contribution in [2.45, 2.75) is 32.6 Å². The van der Waals surface area contributed by atoms with Crippen LogP contribution in [0, 0.1) is 0 Å². The lowest BCUT2D eigenvalue weighted by Gasteiger charge is -2.35. The summed E-state index contributed by atoms with van der Waals surface area (Å²) in [6, 6.07) is 12.6. The summed E-state index contributed by atoms with van der Waals surface area (Å²) in [6.07, 6.45) is 0.214. The fourth-order valence-corrected chi connectivity index (χ4v) is 3.97. The number of carbonyl (C=O) groups is 3. The highest BCUT2D eigenvalue weighted by molar-refractivity contribution is 5.97. The van der Waals surface area contributed by atoms with E-state index >= 15 is 0 Å². The number of hydrogen-bond donors (Lipinski definition) is 1. The molecule has 3 amide bonds. The lowest BCUT2D eigenvalue weighted by Crippen LogP contribution is -2.51. The Morgan fingerprint density at radius 3 is 2.09 bits per heavy atom. The van der Waals surface area contributed by atoms with Gasteiger partial charge in [-0.05, 0) is 35.2 Å². The number of benzene rings is 2. The molecule has 8 heteroatoms. The van der Waals surface area contributed by atoms with Gasteiger partial charge in [0.2, 0.25) is 5.91 Å². The van der Waals surface area contributed by atoms with Crippen LogP contribution in [0.1, 0.15) is 53.5 Å². The van der Waals surface area contributed by atoms with Crippen molar-refractivity contribution in [3.8, 4) is 11.5 Å². The van der Waals surface area contributed by atoms with Crippen LogP contribution in [-0.4, -0.2) is 74.5 Å². The van der Waals surface area contributed by atoms with E-state index in [1.54, 1.807) is 35.1 Å². The van der Waals surface area contributed by atoms with Gasteiger partial charge in [0.25, 0.3) is 11.8 Å². The largest absolute Gasteiger partial charge is 0.497 e. The maximum atomic E-state index is 13.0. The highest BCUT2D eigenvalue weighted by atomic mass is 16.5. The van der Waals surface area contributed by atoms with Crippen molar-refractivity contribution in [1.29, 1.82) is 0 Å². The quantitative estimate of drug-likeness (QED) is 0.657. The van der Waals surface area contributed by atoms with E-state index in [9.17, 15) is 14.4 Å². The first-order chi connectivity index (χ1) is 16.6. The Hall–Kier alpha value is -3.55. The second kappa shape index (κ2) is 11.3. The number of methoxy groups -OCH3 is 2. The van der Waals surface area contributed by atoms with E-state index in [1.807, 2.05) is 24.3 Å². The molecule has 0 atom stereocenters. The Labute approximate surface area is 207 Å². The van der Waals surface area contributed by atoms with Crippen LogP contribution in [0.4, 0.5) is 0 Å². The van der Waals surface area contributed by atoms with Gasteiger partial charge in [0.15, 0.2) is 0 Å².